The first-order valence-electron chi connectivity index (χ1n) is 8.99. The molecule has 0 radical (unpaired) electrons. The molecule has 1 heterocycles. The third kappa shape index (κ3) is 5.08. The third-order valence-corrected chi connectivity index (χ3v) is 5.18. The zero-order valence-corrected chi connectivity index (χ0v) is 16.0. The maximum atomic E-state index is 12.7. The SMILES string of the molecule is O=C(c1ccc(OCCc2ccccc2)c(Br)c1)N1CCCCCC1. The molecule has 0 saturated carbocycles. The Balaban J connectivity index is 1.59. The van der Waals surface area contributed by atoms with Crippen LogP contribution in [0.15, 0.2) is 53.0 Å². The summed E-state index contributed by atoms with van der Waals surface area (Å²) in [5.41, 5.74) is 1.98. The predicted molar refractivity (Wildman–Crippen MR) is 104 cm³/mol. The quantitative estimate of drug-likeness (QED) is 0.698. The Hall–Kier alpha value is -1.81. The van der Waals surface area contributed by atoms with Gasteiger partial charge >= 0.3 is 0 Å². The Morgan fingerprint density at radius 3 is 2.40 bits per heavy atom. The molecule has 1 aliphatic heterocycles. The fourth-order valence-corrected chi connectivity index (χ4v) is 3.62. The summed E-state index contributed by atoms with van der Waals surface area (Å²) in [4.78, 5) is 14.7. The fraction of sp³-hybridized carbons (Fsp3) is 0.381. The number of carbonyl (C=O) groups is 1. The summed E-state index contributed by atoms with van der Waals surface area (Å²) in [6.45, 7) is 2.35. The lowest BCUT2D eigenvalue weighted by Crippen LogP contribution is -2.31. The average molecular weight is 402 g/mol. The molecule has 0 N–H and O–H groups in total. The molecule has 1 aliphatic rings. The lowest BCUT2D eigenvalue weighted by Gasteiger charge is -2.20. The summed E-state index contributed by atoms with van der Waals surface area (Å²) in [7, 11) is 0. The van der Waals surface area contributed by atoms with Crippen LogP contribution in [0, 0.1) is 0 Å². The zero-order chi connectivity index (χ0) is 17.5. The van der Waals surface area contributed by atoms with E-state index in [-0.39, 0.29) is 5.91 Å². The van der Waals surface area contributed by atoms with Crippen LogP contribution in [-0.4, -0.2) is 30.5 Å². The molecule has 3 nitrogen and oxygen atoms in total. The number of carbonyl (C=O) groups excluding carboxylic acids is 1. The van der Waals surface area contributed by atoms with Crippen LogP contribution in [0.4, 0.5) is 0 Å². The van der Waals surface area contributed by atoms with Gasteiger partial charge in [-0.25, -0.2) is 0 Å². The molecule has 0 unspecified atom stereocenters. The van der Waals surface area contributed by atoms with E-state index >= 15 is 0 Å². The monoisotopic (exact) mass is 401 g/mol. The molecule has 132 valence electrons. The highest BCUT2D eigenvalue weighted by atomic mass is 79.9. The van der Waals surface area contributed by atoms with Gasteiger partial charge in [-0.05, 0) is 52.5 Å². The third-order valence-electron chi connectivity index (χ3n) is 4.56. The minimum atomic E-state index is 0.124. The van der Waals surface area contributed by atoms with E-state index in [9.17, 15) is 4.79 Å². The number of hydrogen-bond donors (Lipinski definition) is 0. The van der Waals surface area contributed by atoms with E-state index in [0.29, 0.717) is 6.61 Å². The number of nitrogens with zero attached hydrogens (tertiary/aromatic N) is 1. The van der Waals surface area contributed by atoms with Crippen molar-refractivity contribution in [1.82, 2.24) is 4.90 Å². The summed E-state index contributed by atoms with van der Waals surface area (Å²) in [5.74, 6) is 0.904. The second-order valence-corrected chi connectivity index (χ2v) is 7.29. The lowest BCUT2D eigenvalue weighted by molar-refractivity contribution is 0.0761. The fourth-order valence-electron chi connectivity index (χ4n) is 3.13. The highest BCUT2D eigenvalue weighted by Crippen LogP contribution is 2.27. The van der Waals surface area contributed by atoms with Crippen LogP contribution in [-0.2, 0) is 6.42 Å². The van der Waals surface area contributed by atoms with Crippen molar-refractivity contribution in [2.75, 3.05) is 19.7 Å². The van der Waals surface area contributed by atoms with Crippen molar-refractivity contribution in [2.45, 2.75) is 32.1 Å². The maximum absolute atomic E-state index is 12.7. The molecular formula is C21H24BrNO2. The van der Waals surface area contributed by atoms with Gasteiger partial charge in [-0.2, -0.15) is 0 Å². The van der Waals surface area contributed by atoms with E-state index in [2.05, 4.69) is 28.1 Å². The van der Waals surface area contributed by atoms with Crippen LogP contribution >= 0.6 is 15.9 Å². The molecule has 1 fully saturated rings. The van der Waals surface area contributed by atoms with Gasteiger partial charge < -0.3 is 9.64 Å². The molecule has 0 aliphatic carbocycles. The first kappa shape index (κ1) is 18.0. The van der Waals surface area contributed by atoms with Gasteiger partial charge in [0.25, 0.3) is 5.91 Å². The van der Waals surface area contributed by atoms with E-state index in [0.717, 1.165) is 48.1 Å². The van der Waals surface area contributed by atoms with Crippen molar-refractivity contribution in [3.63, 3.8) is 0 Å². The first-order chi connectivity index (χ1) is 12.2. The number of likely N-dealkylation sites (tertiary alicyclic amines) is 1. The maximum Gasteiger partial charge on any atom is 0.253 e. The summed E-state index contributed by atoms with van der Waals surface area (Å²) in [6.07, 6.45) is 5.52. The molecule has 0 atom stereocenters. The van der Waals surface area contributed by atoms with Gasteiger partial charge in [0.1, 0.15) is 5.75 Å². The van der Waals surface area contributed by atoms with Gasteiger partial charge in [0.2, 0.25) is 0 Å². The van der Waals surface area contributed by atoms with Crippen LogP contribution < -0.4 is 4.74 Å². The Kier molecular flexibility index (Phi) is 6.51. The van der Waals surface area contributed by atoms with Crippen molar-refractivity contribution in [1.29, 1.82) is 0 Å². The van der Waals surface area contributed by atoms with Crippen LogP contribution in [0.1, 0.15) is 41.6 Å². The minimum Gasteiger partial charge on any atom is -0.492 e. The number of rotatable bonds is 5. The molecule has 0 aromatic heterocycles. The highest BCUT2D eigenvalue weighted by molar-refractivity contribution is 9.10. The summed E-state index contributed by atoms with van der Waals surface area (Å²) in [6, 6.07) is 15.9. The highest BCUT2D eigenvalue weighted by Gasteiger charge is 2.18. The molecular weight excluding hydrogens is 378 g/mol. The topological polar surface area (TPSA) is 29.5 Å². The number of amides is 1. The van der Waals surface area contributed by atoms with Gasteiger partial charge in [0.15, 0.2) is 0 Å². The second-order valence-electron chi connectivity index (χ2n) is 6.44. The van der Waals surface area contributed by atoms with Crippen molar-refractivity contribution < 1.29 is 9.53 Å². The zero-order valence-electron chi connectivity index (χ0n) is 14.4. The van der Waals surface area contributed by atoms with Crippen molar-refractivity contribution in [3.8, 4) is 5.75 Å². The molecule has 1 saturated heterocycles. The Labute approximate surface area is 158 Å². The van der Waals surface area contributed by atoms with Crippen molar-refractivity contribution >= 4 is 21.8 Å². The Morgan fingerprint density at radius 1 is 1.00 bits per heavy atom. The number of hydrogen-bond acceptors (Lipinski definition) is 2. The minimum absolute atomic E-state index is 0.124. The standard InChI is InChI=1S/C21H24BrNO2/c22-19-16-18(21(24)23-13-6-1-2-7-14-23)10-11-20(19)25-15-12-17-8-4-3-5-9-17/h3-5,8-11,16H,1-2,6-7,12-15H2. The number of halogens is 1. The molecule has 3 rings (SSSR count). The van der Waals surface area contributed by atoms with Crippen LogP contribution in [0.2, 0.25) is 0 Å². The number of ether oxygens (including phenoxy) is 1. The molecule has 0 bridgehead atoms. The smallest absolute Gasteiger partial charge is 0.253 e. The predicted octanol–water partition coefficient (Wildman–Crippen LogP) is 5.09. The van der Waals surface area contributed by atoms with Gasteiger partial charge in [0.05, 0.1) is 11.1 Å². The normalized spacial score (nSPS) is 14.8. The van der Waals surface area contributed by atoms with Crippen molar-refractivity contribution in [2.24, 2.45) is 0 Å². The second kappa shape index (κ2) is 9.04. The van der Waals surface area contributed by atoms with Gasteiger partial charge in [-0.15, -0.1) is 0 Å². The lowest BCUT2D eigenvalue weighted by atomic mass is 10.1. The van der Waals surface area contributed by atoms with E-state index in [1.54, 1.807) is 0 Å². The summed E-state index contributed by atoms with van der Waals surface area (Å²) < 4.78 is 6.70. The van der Waals surface area contributed by atoms with Gasteiger partial charge in [-0.3, -0.25) is 4.79 Å². The Bertz CT molecular complexity index is 694. The molecule has 4 heteroatoms. The van der Waals surface area contributed by atoms with Crippen LogP contribution in [0.5, 0.6) is 5.75 Å². The van der Waals surface area contributed by atoms with E-state index in [4.69, 9.17) is 4.74 Å². The first-order valence-corrected chi connectivity index (χ1v) is 9.79. The molecule has 1 amide bonds. The summed E-state index contributed by atoms with van der Waals surface area (Å²) in [5, 5.41) is 0. The summed E-state index contributed by atoms with van der Waals surface area (Å²) >= 11 is 3.55. The van der Waals surface area contributed by atoms with Gasteiger partial charge in [-0.1, -0.05) is 43.2 Å². The van der Waals surface area contributed by atoms with Crippen molar-refractivity contribution in [3.05, 3.63) is 64.1 Å². The average Bonchev–Trinajstić information content (AvgIpc) is 2.93. The largest absolute Gasteiger partial charge is 0.492 e. The Morgan fingerprint density at radius 2 is 1.72 bits per heavy atom. The van der Waals surface area contributed by atoms with Crippen LogP contribution in [0.25, 0.3) is 0 Å². The molecule has 0 spiro atoms. The molecule has 2 aromatic carbocycles. The van der Waals surface area contributed by atoms with E-state index in [1.165, 1.54) is 18.4 Å². The van der Waals surface area contributed by atoms with E-state index < -0.39 is 0 Å². The van der Waals surface area contributed by atoms with Gasteiger partial charge in [0, 0.05) is 25.1 Å². The molecule has 2 aromatic rings. The van der Waals surface area contributed by atoms with Crippen LogP contribution in [0.3, 0.4) is 0 Å². The number of benzene rings is 2. The van der Waals surface area contributed by atoms with E-state index in [1.807, 2.05) is 41.3 Å². The molecule has 25 heavy (non-hydrogen) atoms.